The van der Waals surface area contributed by atoms with Gasteiger partial charge >= 0.3 is 0 Å². The predicted octanol–water partition coefficient (Wildman–Crippen LogP) is 3.67. The van der Waals surface area contributed by atoms with Crippen molar-refractivity contribution in [1.82, 2.24) is 24.6 Å². The Morgan fingerprint density at radius 2 is 1.81 bits per heavy atom. The summed E-state index contributed by atoms with van der Waals surface area (Å²) in [5.74, 6) is -0.498. The molecule has 268 valence electrons. The highest BCUT2D eigenvalue weighted by Crippen LogP contribution is 2.50. The van der Waals surface area contributed by atoms with Crippen molar-refractivity contribution in [3.05, 3.63) is 83.4 Å². The molecule has 3 aliphatic rings. The zero-order valence-electron chi connectivity index (χ0n) is 30.3. The maximum atomic E-state index is 12.8. The minimum Gasteiger partial charge on any atom is -0.513 e. The van der Waals surface area contributed by atoms with Crippen LogP contribution in [-0.2, 0) is 10.1 Å². The van der Waals surface area contributed by atoms with Crippen LogP contribution in [0.2, 0.25) is 0 Å². The van der Waals surface area contributed by atoms with Crippen molar-refractivity contribution in [3.63, 3.8) is 0 Å². The van der Waals surface area contributed by atoms with E-state index in [1.54, 1.807) is 30.1 Å². The fourth-order valence-electron chi connectivity index (χ4n) is 7.14. The molecule has 4 radical (unpaired) electrons. The monoisotopic (exact) mass is 700 g/mol. The third kappa shape index (κ3) is 7.06. The number of fused-ring (bicyclic) bond motifs is 3. The molecule has 3 aromatic rings. The molecular formula is C37H46B2N10O3. The van der Waals surface area contributed by atoms with Crippen molar-refractivity contribution in [3.8, 4) is 11.1 Å². The number of amides is 2. The van der Waals surface area contributed by atoms with E-state index in [9.17, 15) is 14.7 Å². The average Bonchev–Trinajstić information content (AvgIpc) is 3.92. The Morgan fingerprint density at radius 1 is 1.10 bits per heavy atom. The van der Waals surface area contributed by atoms with Crippen LogP contribution in [-0.4, -0.2) is 96.7 Å². The molecule has 13 nitrogen and oxygen atoms in total. The summed E-state index contributed by atoms with van der Waals surface area (Å²) in [5.41, 5.74) is 18.2. The van der Waals surface area contributed by atoms with Gasteiger partial charge in [-0.15, -0.1) is 0 Å². The minimum absolute atomic E-state index is 0.000714. The van der Waals surface area contributed by atoms with Crippen LogP contribution in [0, 0.1) is 5.92 Å². The highest BCUT2D eigenvalue weighted by Gasteiger charge is 2.38. The number of hydrogen-bond acceptors (Lipinski definition) is 9. The number of carbonyl (C=O) groups is 2. The Morgan fingerprint density at radius 3 is 2.46 bits per heavy atom. The number of nitrogens with one attached hydrogen (secondary N) is 1. The molecule has 1 aromatic carbocycles. The molecule has 6 rings (SSSR count). The largest absolute Gasteiger partial charge is 0.513 e. The molecular weight excluding hydrogens is 654 g/mol. The van der Waals surface area contributed by atoms with E-state index in [0.717, 1.165) is 66.6 Å². The van der Waals surface area contributed by atoms with Gasteiger partial charge < -0.3 is 36.6 Å². The lowest BCUT2D eigenvalue weighted by molar-refractivity contribution is -0.118. The Labute approximate surface area is 307 Å². The van der Waals surface area contributed by atoms with E-state index in [4.69, 9.17) is 32.3 Å². The van der Waals surface area contributed by atoms with Gasteiger partial charge in [0.25, 0.3) is 11.8 Å². The minimum atomic E-state index is -1.35. The topological polar surface area (TPSA) is 171 Å². The van der Waals surface area contributed by atoms with Gasteiger partial charge in [-0.25, -0.2) is 4.98 Å². The van der Waals surface area contributed by atoms with Gasteiger partial charge in [-0.1, -0.05) is 25.1 Å². The van der Waals surface area contributed by atoms with E-state index in [0.29, 0.717) is 36.7 Å². The second-order valence-corrected chi connectivity index (χ2v) is 13.8. The number of benzene rings is 1. The number of likely N-dealkylation sites (tertiary alicyclic amines) is 1. The molecule has 1 atom stereocenters. The first-order valence-electron chi connectivity index (χ1n) is 17.9. The summed E-state index contributed by atoms with van der Waals surface area (Å²) in [6.07, 6.45) is 8.17. The maximum Gasteiger partial charge on any atom is 0.272 e. The van der Waals surface area contributed by atoms with E-state index in [1.807, 2.05) is 30.2 Å². The van der Waals surface area contributed by atoms with E-state index in [-0.39, 0.29) is 41.3 Å². The molecule has 4 heterocycles. The predicted molar refractivity (Wildman–Crippen MR) is 205 cm³/mol. The van der Waals surface area contributed by atoms with E-state index >= 15 is 0 Å². The van der Waals surface area contributed by atoms with Gasteiger partial charge in [-0.3, -0.25) is 14.3 Å². The van der Waals surface area contributed by atoms with Crippen LogP contribution in [0.5, 0.6) is 0 Å². The number of aliphatic hydroxyl groups excluding tert-OH is 1. The number of aromatic nitrogens is 3. The third-order valence-corrected chi connectivity index (χ3v) is 10.4. The van der Waals surface area contributed by atoms with E-state index < -0.39 is 5.34 Å². The highest BCUT2D eigenvalue weighted by atomic mass is 16.2. The summed E-state index contributed by atoms with van der Waals surface area (Å²) in [6.45, 7) is 5.86. The zero-order chi connectivity index (χ0) is 37.3. The number of aliphatic hydroxyl groups is 1. The van der Waals surface area contributed by atoms with Crippen molar-refractivity contribution in [2.45, 2.75) is 63.4 Å². The summed E-state index contributed by atoms with van der Waals surface area (Å²) in [5, 5.41) is 16.8. The Hall–Kier alpha value is -5.04. The van der Waals surface area contributed by atoms with E-state index in [1.165, 1.54) is 6.08 Å². The lowest BCUT2D eigenvalue weighted by Gasteiger charge is -2.44. The third-order valence-electron chi connectivity index (χ3n) is 10.4. The molecule has 2 aliphatic heterocycles. The first-order valence-corrected chi connectivity index (χ1v) is 17.9. The number of aliphatic imine (C=N–C) groups is 1. The maximum absolute atomic E-state index is 12.8. The second kappa shape index (κ2) is 14.9. The lowest BCUT2D eigenvalue weighted by Crippen LogP contribution is -2.51. The van der Waals surface area contributed by atoms with Crippen LogP contribution in [0.4, 0.5) is 11.4 Å². The SMILES string of the molecule is [B]C([B])(c1cccc(C(=O)N(C)CC)n1)N1CCC(n2ncc3c2C(CC)N(C)c2c(NC(=C/C(N)=NC(=O)C4CC4)/C(N)=C\O)cccc2-3)CC1. The van der Waals surface area contributed by atoms with Gasteiger partial charge in [0.1, 0.15) is 17.8 Å². The fourth-order valence-corrected chi connectivity index (χ4v) is 7.14. The van der Waals surface area contributed by atoms with Gasteiger partial charge in [-0.05, 0) is 75.7 Å². The second-order valence-electron chi connectivity index (χ2n) is 13.8. The normalized spacial score (nSPS) is 18.9. The summed E-state index contributed by atoms with van der Waals surface area (Å²) in [7, 11) is 17.3. The number of anilines is 2. The van der Waals surface area contributed by atoms with Crippen LogP contribution >= 0.6 is 0 Å². The van der Waals surface area contributed by atoms with Gasteiger partial charge in [0.2, 0.25) is 0 Å². The van der Waals surface area contributed by atoms with Crippen LogP contribution in [0.15, 0.2) is 71.3 Å². The number of nitrogens with two attached hydrogens (primary N) is 2. The van der Waals surface area contributed by atoms with Gasteiger partial charge in [-0.2, -0.15) is 10.1 Å². The van der Waals surface area contributed by atoms with Gasteiger partial charge in [0.05, 0.1) is 62.4 Å². The number of rotatable bonds is 11. The fraction of sp³-hybridized carbons (Fsp3) is 0.432. The number of para-hydroxylation sites is 1. The van der Waals surface area contributed by atoms with Crippen LogP contribution < -0.4 is 21.7 Å². The molecule has 2 fully saturated rings. The molecule has 2 aromatic heterocycles. The van der Waals surface area contributed by atoms with E-state index in [2.05, 4.69) is 44.9 Å². The van der Waals surface area contributed by atoms with Crippen molar-refractivity contribution in [2.24, 2.45) is 22.4 Å². The number of amidine groups is 1. The molecule has 1 aliphatic carbocycles. The molecule has 15 heteroatoms. The molecule has 1 saturated heterocycles. The van der Waals surface area contributed by atoms with Crippen molar-refractivity contribution in [2.75, 3.05) is 43.9 Å². The standard InChI is InChI=1S/C37H46B2N10O3/c1-5-30-34-25(24-9-7-10-27(33(24)47(30)4)43-29(26(40)21-50)19-32(41)45-35(51)22-13-14-22)20-42-49(34)23-15-17-48(18-16-23)37(38,39)31-12-8-11-28(44-31)36(52)46(3)6-2/h7-12,19-23,30,43,50H,5-6,13-18,40H2,1-4H3,(H2,41,45,51)/b26-21+,29-19+. The molecule has 0 bridgehead atoms. The number of nitrogens with zero attached hydrogens (tertiary/aromatic N) is 7. The molecule has 6 N–H and O–H groups in total. The number of carbonyl (C=O) groups excluding carboxylic acids is 2. The smallest absolute Gasteiger partial charge is 0.272 e. The number of pyridine rings is 1. The Bertz CT molecular complexity index is 1930. The van der Waals surface area contributed by atoms with Crippen LogP contribution in [0.25, 0.3) is 11.1 Å². The molecule has 1 saturated carbocycles. The van der Waals surface area contributed by atoms with Crippen molar-refractivity contribution >= 4 is 44.7 Å². The number of piperidine rings is 1. The van der Waals surface area contributed by atoms with Crippen molar-refractivity contribution < 1.29 is 14.7 Å². The summed E-state index contributed by atoms with van der Waals surface area (Å²) >= 11 is 0. The molecule has 0 spiro atoms. The average molecular weight is 700 g/mol. The first kappa shape index (κ1) is 36.7. The highest BCUT2D eigenvalue weighted by molar-refractivity contribution is 6.39. The summed E-state index contributed by atoms with van der Waals surface area (Å²) in [4.78, 5) is 39.5. The Balaban J connectivity index is 1.25. The summed E-state index contributed by atoms with van der Waals surface area (Å²) in [6, 6.07) is 11.3. The summed E-state index contributed by atoms with van der Waals surface area (Å²) < 4.78 is 2.17. The molecule has 2 amide bonds. The van der Waals surface area contributed by atoms with Gasteiger partial charge in [0.15, 0.2) is 0 Å². The van der Waals surface area contributed by atoms with Crippen LogP contribution in [0.3, 0.4) is 0 Å². The molecule has 1 unspecified atom stereocenters. The quantitative estimate of drug-likeness (QED) is 0.0761. The van der Waals surface area contributed by atoms with Gasteiger partial charge in [0, 0.05) is 49.5 Å². The Kier molecular flexibility index (Phi) is 10.5. The number of hydrogen-bond donors (Lipinski definition) is 4. The molecule has 52 heavy (non-hydrogen) atoms. The lowest BCUT2D eigenvalue weighted by atomic mass is 9.58. The van der Waals surface area contributed by atoms with Crippen molar-refractivity contribution in [1.29, 1.82) is 0 Å². The first-order chi connectivity index (χ1) is 24.9. The van der Waals surface area contributed by atoms with Crippen LogP contribution in [0.1, 0.15) is 79.9 Å². The zero-order valence-corrected chi connectivity index (χ0v) is 30.3.